The minimum absolute atomic E-state index is 0.0363. The van der Waals surface area contributed by atoms with E-state index in [1.54, 1.807) is 0 Å². The smallest absolute Gasteiger partial charge is 0.387 e. The van der Waals surface area contributed by atoms with Crippen LogP contribution in [0.15, 0.2) is 42.5 Å². The number of carbonyl (C=O) groups is 1. The molecule has 2 aromatic rings. The molecule has 0 bridgehead atoms. The quantitative estimate of drug-likeness (QED) is 0.469. The molecule has 0 unspecified atom stereocenters. The van der Waals surface area contributed by atoms with Gasteiger partial charge in [0, 0.05) is 11.8 Å². The average Bonchev–Trinajstić information content (AvgIpc) is 3.07. The average molecular weight is 378 g/mol. The maximum Gasteiger partial charge on any atom is 0.387 e. The standard InChI is InChI=1S/C17H12F2N2O6/c18-17(19)27-12-4-2-11(3-5-12)20-16(22)6-1-10-7-14-15(26-9-25-14)8-13(10)21(23)24/h1-8,17H,9H2,(H,20,22)/b6-1+. The molecule has 27 heavy (non-hydrogen) atoms. The number of nitrogens with one attached hydrogen (secondary N) is 1. The van der Waals surface area contributed by atoms with Gasteiger partial charge < -0.3 is 19.5 Å². The normalized spacial score (nSPS) is 12.4. The van der Waals surface area contributed by atoms with Gasteiger partial charge in [0.2, 0.25) is 12.7 Å². The van der Waals surface area contributed by atoms with Crippen LogP contribution in [0.3, 0.4) is 0 Å². The Labute approximate surface area is 151 Å². The van der Waals surface area contributed by atoms with E-state index in [1.807, 2.05) is 0 Å². The zero-order valence-electron chi connectivity index (χ0n) is 13.6. The minimum atomic E-state index is -2.94. The molecule has 8 nitrogen and oxygen atoms in total. The molecule has 0 fully saturated rings. The van der Waals surface area contributed by atoms with E-state index in [0.717, 1.165) is 6.08 Å². The summed E-state index contributed by atoms with van der Waals surface area (Å²) in [6.07, 6.45) is 2.37. The first-order valence-electron chi connectivity index (χ1n) is 7.54. The van der Waals surface area contributed by atoms with E-state index in [9.17, 15) is 23.7 Å². The summed E-state index contributed by atoms with van der Waals surface area (Å²) in [5.74, 6) is -0.0105. The molecule has 1 aliphatic heterocycles. The number of nitro benzene ring substituents is 1. The number of benzene rings is 2. The lowest BCUT2D eigenvalue weighted by atomic mass is 10.1. The summed E-state index contributed by atoms with van der Waals surface area (Å²) >= 11 is 0. The highest BCUT2D eigenvalue weighted by Gasteiger charge is 2.22. The van der Waals surface area contributed by atoms with Gasteiger partial charge in [-0.1, -0.05) is 0 Å². The molecule has 0 atom stereocenters. The molecule has 1 N–H and O–H groups in total. The van der Waals surface area contributed by atoms with Gasteiger partial charge in [0.25, 0.3) is 5.69 Å². The maximum absolute atomic E-state index is 12.1. The molecule has 1 aliphatic rings. The second-order valence-corrected chi connectivity index (χ2v) is 5.25. The van der Waals surface area contributed by atoms with E-state index >= 15 is 0 Å². The fraction of sp³-hybridized carbons (Fsp3) is 0.118. The van der Waals surface area contributed by atoms with Crippen LogP contribution in [0.4, 0.5) is 20.2 Å². The largest absolute Gasteiger partial charge is 0.454 e. The van der Waals surface area contributed by atoms with Crippen LogP contribution in [0.1, 0.15) is 5.56 Å². The highest BCUT2D eigenvalue weighted by Crippen LogP contribution is 2.38. The van der Waals surface area contributed by atoms with Crippen molar-refractivity contribution in [3.05, 3.63) is 58.2 Å². The zero-order valence-corrected chi connectivity index (χ0v) is 13.6. The molecule has 0 aliphatic carbocycles. The number of anilines is 1. The Hall–Kier alpha value is -3.69. The van der Waals surface area contributed by atoms with Crippen molar-refractivity contribution in [3.8, 4) is 17.2 Å². The fourth-order valence-electron chi connectivity index (χ4n) is 2.31. The van der Waals surface area contributed by atoms with Gasteiger partial charge in [0.05, 0.1) is 16.6 Å². The van der Waals surface area contributed by atoms with Crippen LogP contribution < -0.4 is 19.5 Å². The molecule has 3 rings (SSSR count). The Bertz CT molecular complexity index is 899. The van der Waals surface area contributed by atoms with Crippen LogP contribution in [-0.2, 0) is 4.79 Å². The first-order chi connectivity index (χ1) is 12.9. The minimum Gasteiger partial charge on any atom is -0.454 e. The molecule has 140 valence electrons. The van der Waals surface area contributed by atoms with Crippen LogP contribution in [0.2, 0.25) is 0 Å². The van der Waals surface area contributed by atoms with E-state index in [1.165, 1.54) is 42.5 Å². The number of nitro groups is 1. The van der Waals surface area contributed by atoms with Crippen molar-refractivity contribution in [2.24, 2.45) is 0 Å². The van der Waals surface area contributed by atoms with Gasteiger partial charge in [-0.2, -0.15) is 8.78 Å². The third-order valence-corrected chi connectivity index (χ3v) is 3.48. The summed E-state index contributed by atoms with van der Waals surface area (Å²) in [6, 6.07) is 7.93. The number of hydrogen-bond acceptors (Lipinski definition) is 6. The Morgan fingerprint density at radius 1 is 1.22 bits per heavy atom. The van der Waals surface area contributed by atoms with Crippen molar-refractivity contribution in [1.82, 2.24) is 0 Å². The third kappa shape index (κ3) is 4.48. The number of fused-ring (bicyclic) bond motifs is 1. The lowest BCUT2D eigenvalue weighted by Gasteiger charge is -2.06. The molecule has 0 saturated carbocycles. The molecule has 0 spiro atoms. The molecule has 1 amide bonds. The number of amides is 1. The maximum atomic E-state index is 12.1. The van der Waals surface area contributed by atoms with Crippen molar-refractivity contribution < 1.29 is 32.7 Å². The van der Waals surface area contributed by atoms with Crippen molar-refractivity contribution >= 4 is 23.4 Å². The Kier molecular flexibility index (Phi) is 5.15. The van der Waals surface area contributed by atoms with Crippen LogP contribution in [0.25, 0.3) is 6.08 Å². The van der Waals surface area contributed by atoms with E-state index < -0.39 is 17.4 Å². The van der Waals surface area contributed by atoms with Crippen LogP contribution in [0, 0.1) is 10.1 Å². The van der Waals surface area contributed by atoms with Crippen LogP contribution >= 0.6 is 0 Å². The lowest BCUT2D eigenvalue weighted by Crippen LogP contribution is -2.08. The topological polar surface area (TPSA) is 99.9 Å². The van der Waals surface area contributed by atoms with Crippen molar-refractivity contribution in [3.63, 3.8) is 0 Å². The van der Waals surface area contributed by atoms with Gasteiger partial charge in [-0.25, -0.2) is 0 Å². The van der Waals surface area contributed by atoms with Crippen molar-refractivity contribution in [2.45, 2.75) is 6.61 Å². The van der Waals surface area contributed by atoms with Gasteiger partial charge in [0.1, 0.15) is 5.75 Å². The van der Waals surface area contributed by atoms with Gasteiger partial charge in [-0.3, -0.25) is 14.9 Å². The Morgan fingerprint density at radius 3 is 2.52 bits per heavy atom. The number of hydrogen-bond donors (Lipinski definition) is 1. The Morgan fingerprint density at radius 2 is 1.89 bits per heavy atom. The predicted octanol–water partition coefficient (Wildman–Crippen LogP) is 3.58. The fourth-order valence-corrected chi connectivity index (χ4v) is 2.31. The van der Waals surface area contributed by atoms with E-state index in [0.29, 0.717) is 11.4 Å². The van der Waals surface area contributed by atoms with E-state index in [-0.39, 0.29) is 29.5 Å². The van der Waals surface area contributed by atoms with Gasteiger partial charge >= 0.3 is 6.61 Å². The number of nitrogens with zero attached hydrogens (tertiary/aromatic N) is 1. The molecule has 1 heterocycles. The predicted molar refractivity (Wildman–Crippen MR) is 90.0 cm³/mol. The summed E-state index contributed by atoms with van der Waals surface area (Å²) in [4.78, 5) is 22.6. The number of halogens is 2. The first kappa shape index (κ1) is 18.1. The molecular formula is C17H12F2N2O6. The summed E-state index contributed by atoms with van der Waals surface area (Å²) in [5.41, 5.74) is 0.267. The third-order valence-electron chi connectivity index (χ3n) is 3.48. The number of ether oxygens (including phenoxy) is 3. The summed E-state index contributed by atoms with van der Waals surface area (Å²) in [7, 11) is 0. The SMILES string of the molecule is O=C(/C=C/c1cc2c(cc1[N+](=O)[O-])OCO2)Nc1ccc(OC(F)F)cc1. The van der Waals surface area contributed by atoms with Crippen LogP contribution in [0.5, 0.6) is 17.2 Å². The van der Waals surface area contributed by atoms with Gasteiger partial charge in [0.15, 0.2) is 11.5 Å². The molecule has 0 radical (unpaired) electrons. The van der Waals surface area contributed by atoms with Gasteiger partial charge in [-0.15, -0.1) is 0 Å². The second kappa shape index (κ2) is 7.68. The number of carbonyl (C=O) groups excluding carboxylic acids is 1. The Balaban J connectivity index is 1.71. The monoisotopic (exact) mass is 378 g/mol. The summed E-state index contributed by atoms with van der Waals surface area (Å²) in [5, 5.41) is 13.7. The molecule has 2 aromatic carbocycles. The summed E-state index contributed by atoms with van der Waals surface area (Å²) in [6.45, 7) is -2.98. The zero-order chi connectivity index (χ0) is 19.4. The molecule has 10 heteroatoms. The molecule has 0 saturated heterocycles. The highest BCUT2D eigenvalue weighted by atomic mass is 19.3. The number of alkyl halides is 2. The van der Waals surface area contributed by atoms with Crippen molar-refractivity contribution in [2.75, 3.05) is 12.1 Å². The van der Waals surface area contributed by atoms with E-state index in [2.05, 4.69) is 10.1 Å². The van der Waals surface area contributed by atoms with Crippen molar-refractivity contribution in [1.29, 1.82) is 0 Å². The van der Waals surface area contributed by atoms with E-state index in [4.69, 9.17) is 9.47 Å². The van der Waals surface area contributed by atoms with Crippen LogP contribution in [-0.4, -0.2) is 24.2 Å². The second-order valence-electron chi connectivity index (χ2n) is 5.25. The first-order valence-corrected chi connectivity index (χ1v) is 7.54. The molecular weight excluding hydrogens is 366 g/mol. The number of rotatable bonds is 6. The highest BCUT2D eigenvalue weighted by molar-refractivity contribution is 6.02. The van der Waals surface area contributed by atoms with Gasteiger partial charge in [-0.05, 0) is 36.4 Å². The molecule has 0 aromatic heterocycles. The lowest BCUT2D eigenvalue weighted by molar-refractivity contribution is -0.385. The summed E-state index contributed by atoms with van der Waals surface area (Å²) < 4.78 is 38.7.